The van der Waals surface area contributed by atoms with Gasteiger partial charge in [0.25, 0.3) is 0 Å². The number of rotatable bonds is 5. The van der Waals surface area contributed by atoms with E-state index < -0.39 is 15.0 Å². The van der Waals surface area contributed by atoms with Crippen LogP contribution < -0.4 is 0 Å². The number of alkyl halides is 2. The third kappa shape index (κ3) is 4.73. The molecule has 2 nitrogen and oxygen atoms in total. The maximum atomic E-state index is 13.2. The van der Waals surface area contributed by atoms with E-state index in [2.05, 4.69) is 8.85 Å². The van der Waals surface area contributed by atoms with E-state index in [9.17, 15) is 12.9 Å². The Kier molecular flexibility index (Phi) is 4.22. The van der Waals surface area contributed by atoms with E-state index in [1.807, 2.05) is 0 Å². The lowest BCUT2D eigenvalue weighted by Gasteiger charge is -2.22. The zero-order valence-corrected chi connectivity index (χ0v) is 8.36. The molecular weight excluding hydrogens is 189 g/mol. The Balaban J connectivity index is 4.14. The first-order chi connectivity index (χ1) is 5.33. The minimum atomic E-state index is -4.11. The van der Waals surface area contributed by atoms with Crippen molar-refractivity contribution in [3.8, 4) is 0 Å². The highest BCUT2D eigenvalue weighted by Gasteiger charge is 2.45. The fraction of sp³-hybridized carbons (Fsp3) is 1.00. The largest absolute Gasteiger partial charge is 0.543 e. The van der Waals surface area contributed by atoms with Gasteiger partial charge in [0.05, 0.1) is 0 Å². The van der Waals surface area contributed by atoms with Gasteiger partial charge in [0.15, 0.2) is 0 Å². The van der Waals surface area contributed by atoms with Gasteiger partial charge in [0, 0.05) is 20.1 Å². The first kappa shape index (κ1) is 11.9. The van der Waals surface area contributed by atoms with Gasteiger partial charge >= 0.3 is 15.0 Å². The van der Waals surface area contributed by atoms with E-state index in [1.165, 1.54) is 0 Å². The van der Waals surface area contributed by atoms with Crippen LogP contribution in [0.25, 0.3) is 0 Å². The second kappa shape index (κ2) is 4.24. The summed E-state index contributed by atoms with van der Waals surface area (Å²) in [4.78, 5) is 0. The SMILES string of the molecule is CCC[Si](F)(OC)OC(C)(F)F. The fourth-order valence-corrected chi connectivity index (χ4v) is 2.28. The molecule has 0 rings (SSSR count). The van der Waals surface area contributed by atoms with Crippen molar-refractivity contribution < 1.29 is 21.7 Å². The Labute approximate surface area is 71.1 Å². The van der Waals surface area contributed by atoms with Gasteiger partial charge in [-0.2, -0.15) is 8.78 Å². The van der Waals surface area contributed by atoms with Gasteiger partial charge in [-0.05, 0) is 0 Å². The molecule has 0 aromatic heterocycles. The van der Waals surface area contributed by atoms with Crippen molar-refractivity contribution in [2.24, 2.45) is 0 Å². The van der Waals surface area contributed by atoms with Gasteiger partial charge in [-0.25, -0.2) is 4.11 Å². The molecule has 0 heterocycles. The predicted molar refractivity (Wildman–Crippen MR) is 40.7 cm³/mol. The molecule has 0 aliphatic heterocycles. The summed E-state index contributed by atoms with van der Waals surface area (Å²) in [7, 11) is -3.06. The normalized spacial score (nSPS) is 17.5. The lowest BCUT2D eigenvalue weighted by molar-refractivity contribution is -0.184. The van der Waals surface area contributed by atoms with Crippen molar-refractivity contribution in [1.29, 1.82) is 0 Å². The highest BCUT2D eigenvalue weighted by atomic mass is 28.4. The quantitative estimate of drug-likeness (QED) is 0.504. The number of hydrogen-bond donors (Lipinski definition) is 0. The van der Waals surface area contributed by atoms with Crippen LogP contribution in [0.1, 0.15) is 20.3 Å². The summed E-state index contributed by atoms with van der Waals surface area (Å²) < 4.78 is 45.9. The Morgan fingerprint density at radius 1 is 1.42 bits per heavy atom. The van der Waals surface area contributed by atoms with E-state index >= 15 is 0 Å². The van der Waals surface area contributed by atoms with Crippen molar-refractivity contribution in [2.75, 3.05) is 7.11 Å². The van der Waals surface area contributed by atoms with E-state index in [0.717, 1.165) is 7.11 Å². The maximum absolute atomic E-state index is 13.2. The van der Waals surface area contributed by atoms with Crippen LogP contribution in [0, 0.1) is 0 Å². The lowest BCUT2D eigenvalue weighted by atomic mass is 10.6. The molecular formula is C6H13F3O2Si. The summed E-state index contributed by atoms with van der Waals surface area (Å²) >= 11 is 0. The molecule has 0 aromatic rings. The molecule has 1 atom stereocenters. The Morgan fingerprint density at radius 3 is 2.17 bits per heavy atom. The standard InChI is InChI=1S/C6H13F3O2Si/c1-4-5-12(9,10-3)11-6(2,7)8/h4-5H2,1-3H3. The first-order valence-electron chi connectivity index (χ1n) is 3.65. The molecule has 0 saturated heterocycles. The summed E-state index contributed by atoms with van der Waals surface area (Å²) in [6.45, 7) is 2.18. The molecule has 0 N–H and O–H groups in total. The van der Waals surface area contributed by atoms with Crippen LogP contribution in [-0.2, 0) is 8.85 Å². The number of hydrogen-bond acceptors (Lipinski definition) is 2. The maximum Gasteiger partial charge on any atom is 0.543 e. The smallest absolute Gasteiger partial charge is 0.374 e. The van der Waals surface area contributed by atoms with Crippen LogP contribution in [-0.4, -0.2) is 22.1 Å². The average molecular weight is 202 g/mol. The highest BCUT2D eigenvalue weighted by molar-refractivity contribution is 6.59. The summed E-state index contributed by atoms with van der Waals surface area (Å²) in [6, 6.07) is -0.0765. The number of halogens is 3. The summed E-state index contributed by atoms with van der Waals surface area (Å²) in [6.07, 6.45) is -3.03. The van der Waals surface area contributed by atoms with Crippen molar-refractivity contribution >= 4 is 8.89 Å². The molecule has 0 fully saturated rings. The van der Waals surface area contributed by atoms with Gasteiger partial charge in [-0.3, -0.25) is 0 Å². The van der Waals surface area contributed by atoms with Crippen LogP contribution >= 0.6 is 0 Å². The average Bonchev–Trinajstić information content (AvgIpc) is 1.84. The lowest BCUT2D eigenvalue weighted by Crippen LogP contribution is -2.41. The van der Waals surface area contributed by atoms with Gasteiger partial charge in [-0.15, -0.1) is 0 Å². The molecule has 0 aliphatic rings. The molecule has 0 bridgehead atoms. The third-order valence-corrected chi connectivity index (χ3v) is 3.56. The minimum absolute atomic E-state index is 0.0765. The van der Waals surface area contributed by atoms with Crippen molar-refractivity contribution in [3.63, 3.8) is 0 Å². The van der Waals surface area contributed by atoms with Gasteiger partial charge < -0.3 is 8.85 Å². The van der Waals surface area contributed by atoms with E-state index in [4.69, 9.17) is 0 Å². The molecule has 0 aliphatic carbocycles. The predicted octanol–water partition coefficient (Wildman–Crippen LogP) is 2.58. The first-order valence-corrected chi connectivity index (χ1v) is 5.55. The monoisotopic (exact) mass is 202 g/mol. The molecule has 1 unspecified atom stereocenters. The molecule has 0 saturated carbocycles. The van der Waals surface area contributed by atoms with Crippen LogP contribution in [0.4, 0.5) is 12.9 Å². The molecule has 6 heteroatoms. The summed E-state index contributed by atoms with van der Waals surface area (Å²) in [5, 5.41) is 0. The molecule has 0 aromatic carbocycles. The topological polar surface area (TPSA) is 18.5 Å². The molecule has 74 valence electrons. The second-order valence-corrected chi connectivity index (χ2v) is 4.96. The van der Waals surface area contributed by atoms with Gasteiger partial charge in [-0.1, -0.05) is 13.3 Å². The highest BCUT2D eigenvalue weighted by Crippen LogP contribution is 2.25. The van der Waals surface area contributed by atoms with E-state index in [1.54, 1.807) is 6.92 Å². The van der Waals surface area contributed by atoms with Crippen LogP contribution in [0.5, 0.6) is 0 Å². The van der Waals surface area contributed by atoms with Crippen LogP contribution in [0.15, 0.2) is 0 Å². The second-order valence-electron chi connectivity index (χ2n) is 2.52. The third-order valence-electron chi connectivity index (χ3n) is 1.19. The Hall–Kier alpha value is -0.0731. The molecule has 0 amide bonds. The molecule has 0 spiro atoms. The van der Waals surface area contributed by atoms with Crippen molar-refractivity contribution in [1.82, 2.24) is 0 Å². The zero-order valence-electron chi connectivity index (χ0n) is 7.36. The summed E-state index contributed by atoms with van der Waals surface area (Å²) in [5.41, 5.74) is 0. The summed E-state index contributed by atoms with van der Waals surface area (Å²) in [5.74, 6) is 0. The van der Waals surface area contributed by atoms with E-state index in [-0.39, 0.29) is 6.04 Å². The minimum Gasteiger partial charge on any atom is -0.374 e. The Morgan fingerprint density at radius 2 is 1.92 bits per heavy atom. The zero-order chi connectivity index (χ0) is 9.83. The van der Waals surface area contributed by atoms with Gasteiger partial charge in [0.1, 0.15) is 0 Å². The van der Waals surface area contributed by atoms with Crippen LogP contribution in [0.3, 0.4) is 0 Å². The Bertz CT molecular complexity index is 139. The van der Waals surface area contributed by atoms with E-state index in [0.29, 0.717) is 13.3 Å². The van der Waals surface area contributed by atoms with Gasteiger partial charge in [0.2, 0.25) is 0 Å². The van der Waals surface area contributed by atoms with Crippen molar-refractivity contribution in [2.45, 2.75) is 32.4 Å². The fourth-order valence-electron chi connectivity index (χ4n) is 0.761. The molecule has 0 radical (unpaired) electrons. The van der Waals surface area contributed by atoms with Crippen LogP contribution in [0.2, 0.25) is 6.04 Å². The molecule has 12 heavy (non-hydrogen) atoms. The van der Waals surface area contributed by atoms with Crippen molar-refractivity contribution in [3.05, 3.63) is 0 Å².